The SMILES string of the molecule is C=C1/C(=C\CC)C=C(c2c(C)cccc2Cl)C(=O)CC1C. The fourth-order valence-electron chi connectivity index (χ4n) is 2.72. The summed E-state index contributed by atoms with van der Waals surface area (Å²) in [5, 5.41) is 0.630. The van der Waals surface area contributed by atoms with Gasteiger partial charge in [-0.15, -0.1) is 0 Å². The van der Waals surface area contributed by atoms with Crippen molar-refractivity contribution in [2.24, 2.45) is 5.92 Å². The largest absolute Gasteiger partial charge is 0.294 e. The molecular weight excluding hydrogens is 280 g/mol. The minimum atomic E-state index is 0.138. The van der Waals surface area contributed by atoms with Gasteiger partial charge in [-0.3, -0.25) is 4.79 Å². The van der Waals surface area contributed by atoms with E-state index >= 15 is 0 Å². The Morgan fingerprint density at radius 1 is 1.43 bits per heavy atom. The Kier molecular flexibility index (Phi) is 4.84. The molecule has 1 aliphatic rings. The van der Waals surface area contributed by atoms with Gasteiger partial charge < -0.3 is 0 Å². The van der Waals surface area contributed by atoms with Crippen LogP contribution in [0.5, 0.6) is 0 Å². The van der Waals surface area contributed by atoms with Crippen LogP contribution < -0.4 is 0 Å². The van der Waals surface area contributed by atoms with Gasteiger partial charge in [-0.05, 0) is 48.1 Å². The molecule has 1 atom stereocenters. The lowest BCUT2D eigenvalue weighted by molar-refractivity contribution is -0.114. The van der Waals surface area contributed by atoms with Gasteiger partial charge in [0.25, 0.3) is 0 Å². The number of halogens is 1. The first-order valence-corrected chi connectivity index (χ1v) is 7.73. The lowest BCUT2D eigenvalue weighted by atomic mass is 9.93. The van der Waals surface area contributed by atoms with E-state index in [-0.39, 0.29) is 11.7 Å². The second-order valence-corrected chi connectivity index (χ2v) is 6.02. The third-order valence-corrected chi connectivity index (χ3v) is 4.29. The molecule has 0 aliphatic heterocycles. The van der Waals surface area contributed by atoms with Gasteiger partial charge in [0, 0.05) is 22.6 Å². The number of hydrogen-bond donors (Lipinski definition) is 0. The summed E-state index contributed by atoms with van der Waals surface area (Å²) >= 11 is 6.34. The molecule has 1 unspecified atom stereocenters. The maximum absolute atomic E-state index is 12.6. The molecule has 0 spiro atoms. The Hall–Kier alpha value is -1.60. The van der Waals surface area contributed by atoms with Crippen molar-refractivity contribution in [3.05, 3.63) is 64.2 Å². The Labute approximate surface area is 132 Å². The predicted molar refractivity (Wildman–Crippen MR) is 90.5 cm³/mol. The third-order valence-electron chi connectivity index (χ3n) is 3.97. The molecule has 0 saturated carbocycles. The fourth-order valence-corrected chi connectivity index (χ4v) is 3.04. The van der Waals surface area contributed by atoms with E-state index in [2.05, 4.69) is 26.5 Å². The molecule has 0 saturated heterocycles. The van der Waals surface area contributed by atoms with Gasteiger partial charge in [-0.1, -0.05) is 50.2 Å². The highest BCUT2D eigenvalue weighted by atomic mass is 35.5. The second-order valence-electron chi connectivity index (χ2n) is 5.61. The summed E-state index contributed by atoms with van der Waals surface area (Å²) in [5.41, 5.74) is 4.68. The van der Waals surface area contributed by atoms with Crippen LogP contribution in [0.3, 0.4) is 0 Å². The summed E-state index contributed by atoms with van der Waals surface area (Å²) in [7, 11) is 0. The van der Waals surface area contributed by atoms with Crippen molar-refractivity contribution >= 4 is 23.0 Å². The van der Waals surface area contributed by atoms with Crippen LogP contribution in [0.25, 0.3) is 5.57 Å². The summed E-state index contributed by atoms with van der Waals surface area (Å²) in [6, 6.07) is 5.74. The van der Waals surface area contributed by atoms with E-state index in [1.54, 1.807) is 0 Å². The van der Waals surface area contributed by atoms with E-state index < -0.39 is 0 Å². The van der Waals surface area contributed by atoms with Crippen molar-refractivity contribution in [3.63, 3.8) is 0 Å². The van der Waals surface area contributed by atoms with E-state index in [4.69, 9.17) is 11.6 Å². The number of hydrogen-bond acceptors (Lipinski definition) is 1. The van der Waals surface area contributed by atoms with Gasteiger partial charge >= 0.3 is 0 Å². The van der Waals surface area contributed by atoms with Crippen molar-refractivity contribution in [1.82, 2.24) is 0 Å². The Morgan fingerprint density at radius 3 is 2.76 bits per heavy atom. The first-order valence-electron chi connectivity index (χ1n) is 7.35. The molecule has 0 bridgehead atoms. The second kappa shape index (κ2) is 6.44. The van der Waals surface area contributed by atoms with Gasteiger partial charge in [0.2, 0.25) is 0 Å². The highest BCUT2D eigenvalue weighted by Crippen LogP contribution is 2.36. The first kappa shape index (κ1) is 15.8. The topological polar surface area (TPSA) is 17.1 Å². The lowest BCUT2D eigenvalue weighted by Crippen LogP contribution is -2.07. The molecule has 1 nitrogen and oxygen atoms in total. The molecule has 0 heterocycles. The van der Waals surface area contributed by atoms with E-state index in [1.807, 2.05) is 31.2 Å². The summed E-state index contributed by atoms with van der Waals surface area (Å²) in [4.78, 5) is 12.6. The standard InChI is InChI=1S/C19H21ClO/c1-5-7-15-11-16(18(21)10-13(3)14(15)4)19-12(2)8-6-9-17(19)20/h6-9,11,13H,4-5,10H2,1-3H3/b15-7-. The molecule has 0 fully saturated rings. The number of allylic oxidation sites excluding steroid dienone is 5. The molecule has 0 amide bonds. The van der Waals surface area contributed by atoms with Gasteiger partial charge in [-0.25, -0.2) is 0 Å². The Morgan fingerprint density at radius 2 is 2.14 bits per heavy atom. The van der Waals surface area contributed by atoms with E-state index in [1.165, 1.54) is 0 Å². The average molecular weight is 301 g/mol. The summed E-state index contributed by atoms with van der Waals surface area (Å²) in [6.07, 6.45) is 5.49. The number of aryl methyl sites for hydroxylation is 1. The van der Waals surface area contributed by atoms with Crippen molar-refractivity contribution in [2.75, 3.05) is 0 Å². The van der Waals surface area contributed by atoms with Gasteiger partial charge in [0.05, 0.1) is 0 Å². The van der Waals surface area contributed by atoms with E-state index in [0.717, 1.165) is 28.7 Å². The molecule has 0 radical (unpaired) electrons. The number of ketones is 1. The molecule has 1 aromatic carbocycles. The monoisotopic (exact) mass is 300 g/mol. The first-order chi connectivity index (χ1) is 9.95. The fraction of sp³-hybridized carbons (Fsp3) is 0.316. The number of rotatable bonds is 2. The van der Waals surface area contributed by atoms with Crippen LogP contribution in [0.1, 0.15) is 37.8 Å². The maximum atomic E-state index is 12.6. The highest BCUT2D eigenvalue weighted by Gasteiger charge is 2.25. The van der Waals surface area contributed by atoms with Crippen LogP contribution in [-0.4, -0.2) is 5.78 Å². The van der Waals surface area contributed by atoms with Crippen molar-refractivity contribution in [3.8, 4) is 0 Å². The zero-order valence-corrected chi connectivity index (χ0v) is 13.6. The van der Waals surface area contributed by atoms with Crippen molar-refractivity contribution in [1.29, 1.82) is 0 Å². The Bertz CT molecular complexity index is 629. The predicted octanol–water partition coefficient (Wildman–Crippen LogP) is 5.53. The third kappa shape index (κ3) is 3.19. The van der Waals surface area contributed by atoms with Crippen LogP contribution >= 0.6 is 11.6 Å². The molecule has 1 aromatic rings. The molecule has 0 aromatic heterocycles. The van der Waals surface area contributed by atoms with E-state index in [9.17, 15) is 4.79 Å². The van der Waals surface area contributed by atoms with Gasteiger partial charge in [0.1, 0.15) is 0 Å². The molecule has 0 N–H and O–H groups in total. The molecule has 2 rings (SSSR count). The maximum Gasteiger partial charge on any atom is 0.164 e. The molecule has 21 heavy (non-hydrogen) atoms. The molecule has 1 aliphatic carbocycles. The van der Waals surface area contributed by atoms with Crippen LogP contribution in [-0.2, 0) is 4.79 Å². The number of carbonyl (C=O) groups excluding carboxylic acids is 1. The zero-order valence-electron chi connectivity index (χ0n) is 12.9. The Balaban J connectivity index is 2.64. The van der Waals surface area contributed by atoms with Gasteiger partial charge in [0.15, 0.2) is 5.78 Å². The smallest absolute Gasteiger partial charge is 0.164 e. The summed E-state index contributed by atoms with van der Waals surface area (Å²) < 4.78 is 0. The quantitative estimate of drug-likeness (QED) is 0.701. The van der Waals surface area contributed by atoms with E-state index in [0.29, 0.717) is 17.0 Å². The number of benzene rings is 1. The molecular formula is C19H21ClO. The highest BCUT2D eigenvalue weighted by molar-refractivity contribution is 6.35. The van der Waals surface area contributed by atoms with Crippen molar-refractivity contribution in [2.45, 2.75) is 33.6 Å². The lowest BCUT2D eigenvalue weighted by Gasteiger charge is -2.11. The summed E-state index contributed by atoms with van der Waals surface area (Å²) in [5.74, 6) is 0.297. The normalized spacial score (nSPS) is 21.4. The van der Waals surface area contributed by atoms with Crippen LogP contribution in [0.4, 0.5) is 0 Å². The molecule has 2 heteroatoms. The number of Topliss-reactive ketones (excluding diaryl/α,β-unsaturated/α-hetero) is 1. The molecule has 110 valence electrons. The average Bonchev–Trinajstić information content (AvgIpc) is 2.52. The van der Waals surface area contributed by atoms with Gasteiger partial charge in [-0.2, -0.15) is 0 Å². The van der Waals surface area contributed by atoms with Crippen molar-refractivity contribution < 1.29 is 4.79 Å². The number of carbonyl (C=O) groups is 1. The van der Waals surface area contributed by atoms with Crippen LogP contribution in [0.2, 0.25) is 5.02 Å². The van der Waals surface area contributed by atoms with Crippen LogP contribution in [0.15, 0.2) is 48.1 Å². The minimum absolute atomic E-state index is 0.138. The summed E-state index contributed by atoms with van der Waals surface area (Å²) in [6.45, 7) is 10.3. The van der Waals surface area contributed by atoms with Crippen LogP contribution in [0, 0.1) is 12.8 Å². The zero-order chi connectivity index (χ0) is 15.6. The minimum Gasteiger partial charge on any atom is -0.294 e.